The van der Waals surface area contributed by atoms with Gasteiger partial charge in [-0.1, -0.05) is 6.07 Å². The maximum Gasteiger partial charge on any atom is 0.485 e. The SMILES string of the molecule is C=C[n+]1ccccc1.O=S(=O)([O-])C(F)(F)F. The lowest BCUT2D eigenvalue weighted by Crippen LogP contribution is -2.22. The average Bonchev–Trinajstić information content (AvgIpc) is 2.17. The molecule has 0 unspecified atom stereocenters. The zero-order valence-corrected chi connectivity index (χ0v) is 8.70. The quantitative estimate of drug-likeness (QED) is 0.429. The summed E-state index contributed by atoms with van der Waals surface area (Å²) in [6.07, 6.45) is 5.62. The van der Waals surface area contributed by atoms with Crippen molar-refractivity contribution in [2.24, 2.45) is 0 Å². The zero-order valence-electron chi connectivity index (χ0n) is 7.89. The second kappa shape index (κ2) is 5.61. The molecular weight excluding hydrogens is 247 g/mol. The van der Waals surface area contributed by atoms with Crippen molar-refractivity contribution in [2.75, 3.05) is 0 Å². The van der Waals surface area contributed by atoms with Crippen LogP contribution < -0.4 is 4.57 Å². The molecule has 0 amide bonds. The minimum Gasteiger partial charge on any atom is -0.741 e. The largest absolute Gasteiger partial charge is 0.741 e. The third-order valence-electron chi connectivity index (χ3n) is 1.23. The van der Waals surface area contributed by atoms with Crippen molar-refractivity contribution in [3.8, 4) is 0 Å². The van der Waals surface area contributed by atoms with E-state index in [1.54, 1.807) is 6.20 Å². The van der Waals surface area contributed by atoms with Crippen LogP contribution in [-0.4, -0.2) is 18.5 Å². The third-order valence-corrected chi connectivity index (χ3v) is 1.80. The summed E-state index contributed by atoms with van der Waals surface area (Å²) in [4.78, 5) is 0. The highest BCUT2D eigenvalue weighted by atomic mass is 32.2. The van der Waals surface area contributed by atoms with Crippen LogP contribution in [0.3, 0.4) is 0 Å². The van der Waals surface area contributed by atoms with Gasteiger partial charge in [-0.25, -0.2) is 8.42 Å². The molecule has 90 valence electrons. The van der Waals surface area contributed by atoms with Crippen LogP contribution >= 0.6 is 0 Å². The van der Waals surface area contributed by atoms with Crippen molar-refractivity contribution < 1.29 is 30.7 Å². The summed E-state index contributed by atoms with van der Waals surface area (Å²) in [5.41, 5.74) is -5.65. The predicted molar refractivity (Wildman–Crippen MR) is 48.8 cm³/mol. The monoisotopic (exact) mass is 255 g/mol. The summed E-state index contributed by atoms with van der Waals surface area (Å²) >= 11 is 0. The van der Waals surface area contributed by atoms with E-state index in [9.17, 15) is 13.2 Å². The maximum atomic E-state index is 10.7. The van der Waals surface area contributed by atoms with Gasteiger partial charge in [0, 0.05) is 12.1 Å². The van der Waals surface area contributed by atoms with Gasteiger partial charge in [0.1, 0.15) is 0 Å². The summed E-state index contributed by atoms with van der Waals surface area (Å²) in [6, 6.07) is 5.89. The first-order valence-electron chi connectivity index (χ1n) is 3.79. The van der Waals surface area contributed by atoms with Crippen LogP contribution in [0.2, 0.25) is 0 Å². The van der Waals surface area contributed by atoms with Crippen molar-refractivity contribution in [2.45, 2.75) is 5.51 Å². The summed E-state index contributed by atoms with van der Waals surface area (Å²) in [7, 11) is -6.09. The van der Waals surface area contributed by atoms with Crippen LogP contribution in [-0.2, 0) is 10.1 Å². The molecule has 0 bridgehead atoms. The molecule has 8 heteroatoms. The summed E-state index contributed by atoms with van der Waals surface area (Å²) < 4.78 is 60.8. The van der Waals surface area contributed by atoms with Gasteiger partial charge in [0.2, 0.25) is 0 Å². The highest BCUT2D eigenvalue weighted by Gasteiger charge is 2.36. The molecule has 0 saturated heterocycles. The average molecular weight is 255 g/mol. The lowest BCUT2D eigenvalue weighted by Gasteiger charge is -2.08. The summed E-state index contributed by atoms with van der Waals surface area (Å²) in [6.45, 7) is 3.59. The first kappa shape index (κ1) is 14.6. The van der Waals surface area contributed by atoms with Crippen LogP contribution in [0, 0.1) is 0 Å². The van der Waals surface area contributed by atoms with E-state index in [2.05, 4.69) is 6.58 Å². The molecule has 0 fully saturated rings. The number of nitrogens with zero attached hydrogens (tertiary/aromatic N) is 1. The first-order valence-corrected chi connectivity index (χ1v) is 5.20. The molecular formula is C8H8F3NO3S. The van der Waals surface area contributed by atoms with Crippen LogP contribution in [0.4, 0.5) is 13.2 Å². The van der Waals surface area contributed by atoms with Crippen molar-refractivity contribution in [1.82, 2.24) is 0 Å². The molecule has 0 aliphatic heterocycles. The fraction of sp³-hybridized carbons (Fsp3) is 0.125. The normalized spacial score (nSPS) is 11.2. The van der Waals surface area contributed by atoms with E-state index < -0.39 is 15.6 Å². The molecule has 1 heterocycles. The Kier molecular flexibility index (Phi) is 5.12. The molecule has 1 rings (SSSR count). The molecule has 0 spiro atoms. The van der Waals surface area contributed by atoms with Crippen LogP contribution in [0.5, 0.6) is 0 Å². The minimum atomic E-state index is -6.09. The van der Waals surface area contributed by atoms with Gasteiger partial charge in [-0.05, 0) is 6.58 Å². The maximum absolute atomic E-state index is 10.7. The molecule has 1 aromatic heterocycles. The van der Waals surface area contributed by atoms with Crippen molar-refractivity contribution in [3.63, 3.8) is 0 Å². The summed E-state index contributed by atoms with van der Waals surface area (Å²) in [5, 5.41) is 0. The van der Waals surface area contributed by atoms with E-state index in [1.165, 1.54) is 0 Å². The number of alkyl halides is 3. The van der Waals surface area contributed by atoms with Gasteiger partial charge in [0.25, 0.3) is 0 Å². The van der Waals surface area contributed by atoms with E-state index in [1.807, 2.05) is 35.2 Å². The Bertz CT molecular complexity index is 428. The van der Waals surface area contributed by atoms with E-state index in [0.717, 1.165) is 0 Å². The number of hydrogen-bond donors (Lipinski definition) is 0. The van der Waals surface area contributed by atoms with Crippen molar-refractivity contribution >= 4 is 16.3 Å². The highest BCUT2D eigenvalue weighted by molar-refractivity contribution is 7.86. The van der Waals surface area contributed by atoms with E-state index in [0.29, 0.717) is 0 Å². The zero-order chi connectivity index (χ0) is 12.8. The van der Waals surface area contributed by atoms with Gasteiger partial charge < -0.3 is 4.55 Å². The number of pyridine rings is 1. The van der Waals surface area contributed by atoms with Gasteiger partial charge in [-0.3, -0.25) is 0 Å². The van der Waals surface area contributed by atoms with Gasteiger partial charge in [0.15, 0.2) is 28.7 Å². The minimum absolute atomic E-state index is 1.75. The number of aromatic nitrogens is 1. The van der Waals surface area contributed by atoms with Gasteiger partial charge in [-0.15, -0.1) is 0 Å². The van der Waals surface area contributed by atoms with Crippen LogP contribution in [0.15, 0.2) is 37.2 Å². The number of halogens is 3. The Labute approximate surface area is 90.4 Å². The fourth-order valence-electron chi connectivity index (χ4n) is 0.534. The second-order valence-corrected chi connectivity index (χ2v) is 3.78. The molecule has 0 aliphatic rings. The topological polar surface area (TPSA) is 61.1 Å². The van der Waals surface area contributed by atoms with E-state index >= 15 is 0 Å². The second-order valence-electron chi connectivity index (χ2n) is 2.41. The highest BCUT2D eigenvalue weighted by Crippen LogP contribution is 2.20. The van der Waals surface area contributed by atoms with Gasteiger partial charge >= 0.3 is 5.51 Å². The lowest BCUT2D eigenvalue weighted by atomic mass is 10.5. The Morgan fingerprint density at radius 2 is 1.56 bits per heavy atom. The van der Waals surface area contributed by atoms with Crippen molar-refractivity contribution in [1.29, 1.82) is 0 Å². The Morgan fingerprint density at radius 1 is 1.19 bits per heavy atom. The fourth-order valence-corrected chi connectivity index (χ4v) is 0.534. The number of rotatable bonds is 1. The Morgan fingerprint density at radius 3 is 1.75 bits per heavy atom. The molecule has 16 heavy (non-hydrogen) atoms. The standard InChI is InChI=1S/C7H8N.CHF3O3S/c1-2-8-6-4-3-5-7-8;2-1(3,4)8(5,6)7/h2-7H,1H2;(H,5,6,7)/q+1;/p-1. The van der Waals surface area contributed by atoms with Gasteiger partial charge in [-0.2, -0.15) is 17.7 Å². The molecule has 0 aromatic carbocycles. The molecule has 4 nitrogen and oxygen atoms in total. The van der Waals surface area contributed by atoms with Crippen LogP contribution in [0.1, 0.15) is 0 Å². The number of hydrogen-bond acceptors (Lipinski definition) is 3. The smallest absolute Gasteiger partial charge is 0.485 e. The molecule has 1 aromatic rings. The summed E-state index contributed by atoms with van der Waals surface area (Å²) in [5.74, 6) is 0. The molecule has 0 aliphatic carbocycles. The van der Waals surface area contributed by atoms with E-state index in [-0.39, 0.29) is 0 Å². The third kappa shape index (κ3) is 5.47. The lowest BCUT2D eigenvalue weighted by molar-refractivity contribution is -0.567. The Hall–Kier alpha value is -1.41. The molecule has 0 atom stereocenters. The Balaban J connectivity index is 0.000000281. The van der Waals surface area contributed by atoms with Crippen molar-refractivity contribution in [3.05, 3.63) is 37.2 Å². The molecule has 0 radical (unpaired) electrons. The van der Waals surface area contributed by atoms with Gasteiger partial charge in [0.05, 0.1) is 0 Å². The molecule has 0 saturated carbocycles. The van der Waals surface area contributed by atoms with E-state index in [4.69, 9.17) is 13.0 Å². The van der Waals surface area contributed by atoms with Crippen LogP contribution in [0.25, 0.3) is 6.20 Å². The predicted octanol–water partition coefficient (Wildman–Crippen LogP) is 1.13. The molecule has 0 N–H and O–H groups in total. The first-order chi connectivity index (χ1) is 7.18.